The molecule has 0 bridgehead atoms. The smallest absolute Gasteiger partial charge is 0.186 e. The maximum Gasteiger partial charge on any atom is 0.186 e. The third kappa shape index (κ3) is 3.38. The lowest BCUT2D eigenvalue weighted by Crippen LogP contribution is -1.97. The summed E-state index contributed by atoms with van der Waals surface area (Å²) in [4.78, 5) is 4.46. The molecule has 0 aliphatic heterocycles. The largest absolute Gasteiger partial charge is 0.489 e. The van der Waals surface area contributed by atoms with E-state index in [0.717, 1.165) is 27.9 Å². The summed E-state index contributed by atoms with van der Waals surface area (Å²) in [6.45, 7) is 6.29. The molecular weight excluding hydrogens is 258 g/mol. The van der Waals surface area contributed by atoms with Crippen molar-refractivity contribution in [1.29, 1.82) is 0 Å². The fraction of sp³-hybridized carbons (Fsp3) is 0.286. The first-order valence-corrected chi connectivity index (χ1v) is 7.15. The first-order valence-electron chi connectivity index (χ1n) is 5.93. The van der Waals surface area contributed by atoms with Crippen LogP contribution in [0.2, 0.25) is 0 Å². The standard InChI is InChI=1S/C14H17N3OS/c1-10(2)9-18-12-7-5-11(6-8-12)13-15-14(19-4)17(3)16-13/h5-8H,1,9H2,2-4H3. The van der Waals surface area contributed by atoms with Crippen molar-refractivity contribution in [2.24, 2.45) is 7.05 Å². The molecule has 0 atom stereocenters. The third-order valence-corrected chi connectivity index (χ3v) is 3.22. The van der Waals surface area contributed by atoms with Crippen LogP contribution in [0.5, 0.6) is 5.75 Å². The Balaban J connectivity index is 2.15. The molecule has 0 aliphatic carbocycles. The molecule has 0 radical (unpaired) electrons. The predicted molar refractivity (Wildman–Crippen MR) is 78.5 cm³/mol. The maximum atomic E-state index is 5.56. The fourth-order valence-electron chi connectivity index (χ4n) is 1.58. The van der Waals surface area contributed by atoms with Gasteiger partial charge >= 0.3 is 0 Å². The molecule has 0 unspecified atom stereocenters. The first-order chi connectivity index (χ1) is 9.10. The highest BCUT2D eigenvalue weighted by molar-refractivity contribution is 7.98. The molecule has 0 saturated heterocycles. The number of hydrogen-bond acceptors (Lipinski definition) is 4. The number of benzene rings is 1. The van der Waals surface area contributed by atoms with Crippen molar-refractivity contribution in [3.63, 3.8) is 0 Å². The molecule has 0 amide bonds. The van der Waals surface area contributed by atoms with Gasteiger partial charge in [0.05, 0.1) is 0 Å². The number of ether oxygens (including phenoxy) is 1. The molecule has 5 heteroatoms. The van der Waals surface area contributed by atoms with E-state index in [-0.39, 0.29) is 0 Å². The van der Waals surface area contributed by atoms with Crippen LogP contribution in [0.1, 0.15) is 6.92 Å². The van der Waals surface area contributed by atoms with Crippen molar-refractivity contribution in [1.82, 2.24) is 14.8 Å². The summed E-state index contributed by atoms with van der Waals surface area (Å²) < 4.78 is 7.34. The molecule has 0 aliphatic rings. The van der Waals surface area contributed by atoms with E-state index in [1.54, 1.807) is 16.4 Å². The second-order valence-corrected chi connectivity index (χ2v) is 5.09. The molecule has 0 fully saturated rings. The van der Waals surface area contributed by atoms with Gasteiger partial charge in [0.1, 0.15) is 12.4 Å². The molecule has 100 valence electrons. The van der Waals surface area contributed by atoms with Crippen LogP contribution in [0.4, 0.5) is 0 Å². The van der Waals surface area contributed by atoms with Gasteiger partial charge in [-0.1, -0.05) is 18.3 Å². The van der Waals surface area contributed by atoms with Crippen LogP contribution >= 0.6 is 11.8 Å². The van der Waals surface area contributed by atoms with Crippen LogP contribution in [0, 0.1) is 0 Å². The van der Waals surface area contributed by atoms with Crippen molar-refractivity contribution < 1.29 is 4.74 Å². The molecule has 2 rings (SSSR count). The molecule has 19 heavy (non-hydrogen) atoms. The Morgan fingerprint density at radius 3 is 2.58 bits per heavy atom. The average Bonchev–Trinajstić information content (AvgIpc) is 2.78. The summed E-state index contributed by atoms with van der Waals surface area (Å²) >= 11 is 1.58. The van der Waals surface area contributed by atoms with Crippen LogP contribution in [0.15, 0.2) is 41.6 Å². The summed E-state index contributed by atoms with van der Waals surface area (Å²) in [5, 5.41) is 5.29. The Labute approximate surface area is 117 Å². The zero-order chi connectivity index (χ0) is 13.8. The number of hydrogen-bond donors (Lipinski definition) is 0. The molecule has 1 aromatic carbocycles. The minimum Gasteiger partial charge on any atom is -0.489 e. The molecular formula is C14H17N3OS. The number of thioether (sulfide) groups is 1. The van der Waals surface area contributed by atoms with Crippen molar-refractivity contribution in [3.05, 3.63) is 36.4 Å². The van der Waals surface area contributed by atoms with E-state index in [2.05, 4.69) is 16.7 Å². The number of nitrogens with zero attached hydrogens (tertiary/aromatic N) is 3. The predicted octanol–water partition coefficient (Wildman–Crippen LogP) is 3.16. The molecule has 0 saturated carbocycles. The lowest BCUT2D eigenvalue weighted by atomic mass is 10.2. The van der Waals surface area contributed by atoms with E-state index in [4.69, 9.17) is 4.74 Å². The quantitative estimate of drug-likeness (QED) is 0.621. The van der Waals surface area contributed by atoms with E-state index < -0.39 is 0 Å². The van der Waals surface area contributed by atoms with E-state index >= 15 is 0 Å². The van der Waals surface area contributed by atoms with Gasteiger partial charge in [-0.2, -0.15) is 5.10 Å². The van der Waals surface area contributed by atoms with Gasteiger partial charge in [0.25, 0.3) is 0 Å². The van der Waals surface area contributed by atoms with Crippen LogP contribution < -0.4 is 4.74 Å². The monoisotopic (exact) mass is 275 g/mol. The van der Waals surface area contributed by atoms with Crippen molar-refractivity contribution >= 4 is 11.8 Å². The maximum absolute atomic E-state index is 5.56. The van der Waals surface area contributed by atoms with Crippen molar-refractivity contribution in [2.45, 2.75) is 12.1 Å². The van der Waals surface area contributed by atoms with E-state index in [1.165, 1.54) is 0 Å². The summed E-state index contributed by atoms with van der Waals surface area (Å²) in [7, 11) is 1.90. The zero-order valence-corrected chi connectivity index (χ0v) is 12.2. The van der Waals surface area contributed by atoms with Gasteiger partial charge in [-0.05, 0) is 43.0 Å². The minimum absolute atomic E-state index is 0.539. The highest BCUT2D eigenvalue weighted by atomic mass is 32.2. The van der Waals surface area contributed by atoms with Gasteiger partial charge in [-0.15, -0.1) is 0 Å². The molecule has 4 nitrogen and oxygen atoms in total. The van der Waals surface area contributed by atoms with Crippen molar-refractivity contribution in [2.75, 3.05) is 12.9 Å². The Morgan fingerprint density at radius 2 is 2.05 bits per heavy atom. The first kappa shape index (κ1) is 13.7. The second-order valence-electron chi connectivity index (χ2n) is 4.32. The Kier molecular flexibility index (Phi) is 4.27. The van der Waals surface area contributed by atoms with Gasteiger partial charge in [0.15, 0.2) is 11.0 Å². The highest BCUT2D eigenvalue weighted by Gasteiger charge is 2.08. The molecule has 1 aromatic heterocycles. The molecule has 0 N–H and O–H groups in total. The van der Waals surface area contributed by atoms with Crippen LogP contribution in [0.25, 0.3) is 11.4 Å². The lowest BCUT2D eigenvalue weighted by molar-refractivity contribution is 0.353. The topological polar surface area (TPSA) is 39.9 Å². The average molecular weight is 275 g/mol. The highest BCUT2D eigenvalue weighted by Crippen LogP contribution is 2.22. The minimum atomic E-state index is 0.539. The van der Waals surface area contributed by atoms with E-state index in [9.17, 15) is 0 Å². The van der Waals surface area contributed by atoms with Crippen molar-refractivity contribution in [3.8, 4) is 17.1 Å². The van der Waals surface area contributed by atoms with E-state index in [1.807, 2.05) is 44.5 Å². The third-order valence-electron chi connectivity index (χ3n) is 2.50. The fourth-order valence-corrected chi connectivity index (χ4v) is 2.06. The molecule has 2 aromatic rings. The van der Waals surface area contributed by atoms with Gasteiger partial charge in [0, 0.05) is 12.6 Å². The van der Waals surface area contributed by atoms with Gasteiger partial charge in [-0.25, -0.2) is 9.67 Å². The van der Waals surface area contributed by atoms with Crippen LogP contribution in [0.3, 0.4) is 0 Å². The Hall–Kier alpha value is -1.75. The number of aromatic nitrogens is 3. The second kappa shape index (κ2) is 5.93. The SMILES string of the molecule is C=C(C)COc1ccc(-c2nc(SC)n(C)n2)cc1. The number of rotatable bonds is 5. The number of aryl methyl sites for hydroxylation is 1. The van der Waals surface area contributed by atoms with Gasteiger partial charge < -0.3 is 4.74 Å². The van der Waals surface area contributed by atoms with E-state index in [0.29, 0.717) is 6.61 Å². The van der Waals surface area contributed by atoms with Gasteiger partial charge in [-0.3, -0.25) is 0 Å². The Morgan fingerprint density at radius 1 is 1.37 bits per heavy atom. The summed E-state index contributed by atoms with van der Waals surface area (Å²) in [5.41, 5.74) is 1.98. The Bertz CT molecular complexity index is 575. The summed E-state index contributed by atoms with van der Waals surface area (Å²) in [6, 6.07) is 7.78. The normalized spacial score (nSPS) is 10.5. The zero-order valence-electron chi connectivity index (χ0n) is 11.4. The van der Waals surface area contributed by atoms with Crippen LogP contribution in [-0.4, -0.2) is 27.6 Å². The van der Waals surface area contributed by atoms with Crippen LogP contribution in [-0.2, 0) is 7.05 Å². The lowest BCUT2D eigenvalue weighted by Gasteiger charge is -2.05. The summed E-state index contributed by atoms with van der Waals surface area (Å²) in [5.74, 6) is 1.56. The summed E-state index contributed by atoms with van der Waals surface area (Å²) in [6.07, 6.45) is 1.99. The molecule has 0 spiro atoms. The van der Waals surface area contributed by atoms with Gasteiger partial charge in [0.2, 0.25) is 0 Å². The molecule has 1 heterocycles.